The molecule has 2 aliphatic heterocycles. The van der Waals surface area contributed by atoms with Gasteiger partial charge in [-0.2, -0.15) is 0 Å². The number of aliphatic hydroxyl groups excluding tert-OH is 3. The molecule has 2 heterocycles. The van der Waals surface area contributed by atoms with Crippen molar-refractivity contribution in [3.05, 3.63) is 21.7 Å². The standard InChI is InChI=1S/C43H63N5O9S/c1-6-7-26(21-34(52)57-19-18-56-17-16-45-47-44)20-32(50)37-25(3)23-58-41-36(40(55)48(37)41)46-33(51)11-8-24(2)28-9-10-29-35-30(13-15-42(28,29)4)43(5)14-12-27(49)22-31(43)38(53)39(35)54/h1,24,26-31,35-36,38-39,41,49,53-54H,7-23H2,2-5H3,(H,46,51)/t24-,26?,27-,28-,29+,30+,31+,35+,36?,38?,39?,41?,42-,43-/m1/s1. The van der Waals surface area contributed by atoms with E-state index in [9.17, 15) is 34.5 Å². The van der Waals surface area contributed by atoms with Gasteiger partial charge in [0.15, 0.2) is 5.78 Å². The molecule has 2 amide bonds. The Labute approximate surface area is 346 Å². The number of fused-ring (bicyclic) bond motifs is 6. The summed E-state index contributed by atoms with van der Waals surface area (Å²) < 4.78 is 10.5. The summed E-state index contributed by atoms with van der Waals surface area (Å²) >= 11 is 1.51. The van der Waals surface area contributed by atoms with E-state index in [2.05, 4.69) is 42.0 Å². The van der Waals surface area contributed by atoms with Gasteiger partial charge in [-0.25, -0.2) is 0 Å². The number of Topliss-reactive ketones (excluding diaryl/α,β-unsaturated/α-hetero) is 1. The van der Waals surface area contributed by atoms with Crippen LogP contribution in [0.4, 0.5) is 0 Å². The predicted octanol–water partition coefficient (Wildman–Crippen LogP) is 4.90. The van der Waals surface area contributed by atoms with E-state index in [1.165, 1.54) is 16.7 Å². The molecule has 320 valence electrons. The molecule has 1 saturated heterocycles. The molecule has 0 aromatic rings. The number of aliphatic hydroxyl groups is 3. The maximum atomic E-state index is 13.7. The van der Waals surface area contributed by atoms with Crippen LogP contribution < -0.4 is 5.32 Å². The monoisotopic (exact) mass is 825 g/mol. The van der Waals surface area contributed by atoms with Crippen molar-refractivity contribution in [2.75, 3.05) is 32.1 Å². The smallest absolute Gasteiger partial charge is 0.306 e. The molecule has 5 unspecified atom stereocenters. The maximum Gasteiger partial charge on any atom is 0.306 e. The van der Waals surface area contributed by atoms with E-state index in [1.807, 2.05) is 6.92 Å². The fraction of sp³-hybridized carbons (Fsp3) is 0.814. The molecule has 58 heavy (non-hydrogen) atoms. The number of ether oxygens (including phenoxy) is 2. The number of terminal acetylenes is 1. The number of rotatable bonds is 17. The summed E-state index contributed by atoms with van der Waals surface area (Å²) in [6.45, 7) is 9.23. The zero-order chi connectivity index (χ0) is 41.9. The minimum atomic E-state index is -0.827. The predicted molar refractivity (Wildman–Crippen MR) is 217 cm³/mol. The molecule has 0 radical (unpaired) electrons. The Kier molecular flexibility index (Phi) is 14.3. The first-order valence-corrected chi connectivity index (χ1v) is 22.4. The van der Waals surface area contributed by atoms with Gasteiger partial charge in [-0.15, -0.1) is 24.1 Å². The second-order valence-corrected chi connectivity index (χ2v) is 19.6. The number of ketones is 1. The first-order chi connectivity index (χ1) is 27.7. The van der Waals surface area contributed by atoms with Crippen molar-refractivity contribution in [3.63, 3.8) is 0 Å². The molecule has 0 aromatic carbocycles. The van der Waals surface area contributed by atoms with Crippen LogP contribution in [0.1, 0.15) is 105 Å². The average molecular weight is 826 g/mol. The fourth-order valence-corrected chi connectivity index (χ4v) is 13.7. The highest BCUT2D eigenvalue weighted by Crippen LogP contribution is 2.68. The van der Waals surface area contributed by atoms with E-state index >= 15 is 0 Å². The zero-order valence-electron chi connectivity index (χ0n) is 34.5. The van der Waals surface area contributed by atoms with Crippen molar-refractivity contribution < 1.29 is 44.0 Å². The molecule has 0 spiro atoms. The number of thioether (sulfide) groups is 1. The third-order valence-electron chi connectivity index (χ3n) is 15.3. The highest BCUT2D eigenvalue weighted by atomic mass is 32.2. The summed E-state index contributed by atoms with van der Waals surface area (Å²) in [7, 11) is 0. The molecule has 4 N–H and O–H groups in total. The van der Waals surface area contributed by atoms with E-state index in [1.54, 1.807) is 0 Å². The Bertz CT molecular complexity index is 1700. The number of nitrogens with zero attached hydrogens (tertiary/aromatic N) is 4. The largest absolute Gasteiger partial charge is 0.463 e. The second-order valence-electron chi connectivity index (χ2n) is 18.5. The number of esters is 1. The molecule has 0 aromatic heterocycles. The van der Waals surface area contributed by atoms with Crippen molar-refractivity contribution >= 4 is 35.3 Å². The number of β-lactam (4-membered cyclic amide) rings is 1. The van der Waals surface area contributed by atoms with E-state index in [-0.39, 0.29) is 98.2 Å². The molecule has 15 heteroatoms. The third kappa shape index (κ3) is 8.70. The van der Waals surface area contributed by atoms with Gasteiger partial charge in [-0.1, -0.05) is 25.9 Å². The lowest BCUT2D eigenvalue weighted by atomic mass is 9.43. The molecule has 0 bridgehead atoms. The Morgan fingerprint density at radius 1 is 1.05 bits per heavy atom. The minimum Gasteiger partial charge on any atom is -0.463 e. The van der Waals surface area contributed by atoms with Gasteiger partial charge in [0.1, 0.15) is 18.0 Å². The number of carbonyl (C=O) groups excluding carboxylic acids is 4. The summed E-state index contributed by atoms with van der Waals surface area (Å²) in [6, 6.07) is -0.733. The molecule has 14 nitrogen and oxygen atoms in total. The molecule has 6 rings (SSSR count). The van der Waals surface area contributed by atoms with Gasteiger partial charge in [0.25, 0.3) is 5.91 Å². The van der Waals surface area contributed by atoms with Gasteiger partial charge < -0.3 is 30.1 Å². The number of amides is 2. The van der Waals surface area contributed by atoms with E-state index in [0.29, 0.717) is 42.0 Å². The normalized spacial score (nSPS) is 37.4. The SMILES string of the molecule is C#CCC(CC(=O)OCCOCCN=[N+]=[N-])CC(=O)C1=C(C)CSC2C(NC(=O)CC[C@@H](C)[C@H]3CC[C@H]4[C@@H]5C(O)C(O)[C@@H]6C[C@H](O)CC[C@]6(C)[C@H]5CC[C@]34C)C(=O)N12. The van der Waals surface area contributed by atoms with Gasteiger partial charge in [-0.3, -0.25) is 24.1 Å². The Morgan fingerprint density at radius 3 is 2.53 bits per heavy atom. The number of hydrogen-bond acceptors (Lipinski definition) is 11. The van der Waals surface area contributed by atoms with Crippen LogP contribution in [0.15, 0.2) is 16.4 Å². The summed E-state index contributed by atoms with van der Waals surface area (Å²) in [6.07, 6.45) is 10.8. The molecular formula is C43H63N5O9S. The van der Waals surface area contributed by atoms with Gasteiger partial charge in [-0.05, 0) is 122 Å². The van der Waals surface area contributed by atoms with Crippen LogP contribution in [-0.2, 0) is 28.7 Å². The van der Waals surface area contributed by atoms with Crippen LogP contribution in [0, 0.1) is 64.6 Å². The Balaban J connectivity index is 0.989. The van der Waals surface area contributed by atoms with E-state index in [4.69, 9.17) is 21.4 Å². The first kappa shape index (κ1) is 44.4. The lowest BCUT2D eigenvalue weighted by molar-refractivity contribution is -0.223. The molecule has 5 fully saturated rings. The van der Waals surface area contributed by atoms with Crippen molar-refractivity contribution in [2.45, 2.75) is 134 Å². The maximum absolute atomic E-state index is 13.7. The molecular weight excluding hydrogens is 763 g/mol. The van der Waals surface area contributed by atoms with Crippen LogP contribution in [0.25, 0.3) is 10.4 Å². The van der Waals surface area contributed by atoms with E-state index < -0.39 is 41.6 Å². The summed E-state index contributed by atoms with van der Waals surface area (Å²) in [5.41, 5.74) is 9.30. The van der Waals surface area contributed by atoms with Crippen LogP contribution in [-0.4, -0.2) is 106 Å². The zero-order valence-corrected chi connectivity index (χ0v) is 35.3. The van der Waals surface area contributed by atoms with E-state index in [0.717, 1.165) is 44.1 Å². The molecule has 4 aliphatic carbocycles. The minimum absolute atomic E-state index is 0.00440. The topological polar surface area (TPSA) is 211 Å². The molecule has 14 atom stereocenters. The van der Waals surface area contributed by atoms with Gasteiger partial charge in [0, 0.05) is 42.9 Å². The number of azide groups is 1. The van der Waals surface area contributed by atoms with Gasteiger partial charge in [0.2, 0.25) is 5.91 Å². The second kappa shape index (κ2) is 18.7. The average Bonchev–Trinajstić information content (AvgIpc) is 3.55. The Hall–Kier alpha value is -3.12. The number of nitrogens with one attached hydrogen (secondary N) is 1. The van der Waals surface area contributed by atoms with Crippen molar-refractivity contribution in [1.82, 2.24) is 10.2 Å². The van der Waals surface area contributed by atoms with Crippen LogP contribution in [0.3, 0.4) is 0 Å². The quantitative estimate of drug-likeness (QED) is 0.0297. The lowest BCUT2D eigenvalue weighted by Gasteiger charge is -2.63. The Morgan fingerprint density at radius 2 is 1.79 bits per heavy atom. The third-order valence-corrected chi connectivity index (χ3v) is 16.7. The van der Waals surface area contributed by atoms with Crippen LogP contribution >= 0.6 is 11.8 Å². The van der Waals surface area contributed by atoms with Gasteiger partial charge >= 0.3 is 5.97 Å². The lowest BCUT2D eigenvalue weighted by Crippen LogP contribution is -2.70. The fourth-order valence-electron chi connectivity index (χ4n) is 12.4. The number of carbonyl (C=O) groups is 4. The van der Waals surface area contributed by atoms with Crippen molar-refractivity contribution in [3.8, 4) is 12.3 Å². The van der Waals surface area contributed by atoms with Crippen LogP contribution in [0.5, 0.6) is 0 Å². The van der Waals surface area contributed by atoms with Crippen molar-refractivity contribution in [2.24, 2.45) is 57.4 Å². The van der Waals surface area contributed by atoms with Crippen molar-refractivity contribution in [1.29, 1.82) is 0 Å². The molecule has 4 saturated carbocycles. The first-order valence-electron chi connectivity index (χ1n) is 21.3. The summed E-state index contributed by atoms with van der Waals surface area (Å²) in [4.78, 5) is 57.3. The highest BCUT2D eigenvalue weighted by Gasteiger charge is 2.65. The summed E-state index contributed by atoms with van der Waals surface area (Å²) in [5, 5.41) is 39.4. The van der Waals surface area contributed by atoms with Crippen LogP contribution in [0.2, 0.25) is 0 Å². The molecule has 6 aliphatic rings. The number of hydrogen-bond donors (Lipinski definition) is 4. The van der Waals surface area contributed by atoms with Gasteiger partial charge in [0.05, 0.1) is 37.2 Å². The summed E-state index contributed by atoms with van der Waals surface area (Å²) in [5.74, 6) is 2.46. The highest BCUT2D eigenvalue weighted by molar-refractivity contribution is 8.00. The number of allylic oxidation sites excluding steroid dienone is 1.